The van der Waals surface area contributed by atoms with Crippen molar-refractivity contribution in [1.82, 2.24) is 4.98 Å². The number of nitrogens with zero attached hydrogens (tertiary/aromatic N) is 1. The van der Waals surface area contributed by atoms with Gasteiger partial charge in [-0.15, -0.1) is 0 Å². The molecule has 8 nitrogen and oxygen atoms in total. The third-order valence-corrected chi connectivity index (χ3v) is 6.74. The molecule has 3 aromatic carbocycles. The molecule has 10 heteroatoms. The van der Waals surface area contributed by atoms with Crippen molar-refractivity contribution in [2.75, 3.05) is 25.5 Å². The Hall–Kier alpha value is -4.05. The number of methoxy groups -OCH3 is 2. The number of aromatic nitrogens is 1. The SMILES string of the molecule is CCOc1ccc(S(=O)(=O)Nc2ccc(Oc3ccnc4cc(OC)c(OC)cc34)cc2F)cc1C. The summed E-state index contributed by atoms with van der Waals surface area (Å²) in [5.41, 5.74) is 1.04. The molecule has 0 fully saturated rings. The van der Waals surface area contributed by atoms with Crippen LogP contribution >= 0.6 is 0 Å². The molecular formula is C26H25FN2O6S. The van der Waals surface area contributed by atoms with Gasteiger partial charge < -0.3 is 18.9 Å². The molecule has 0 unspecified atom stereocenters. The molecule has 4 aromatic rings. The van der Waals surface area contributed by atoms with E-state index in [0.29, 0.717) is 46.1 Å². The van der Waals surface area contributed by atoms with Crippen LogP contribution < -0.4 is 23.7 Å². The fraction of sp³-hybridized carbons (Fsp3) is 0.192. The van der Waals surface area contributed by atoms with Crippen LogP contribution in [0.5, 0.6) is 28.7 Å². The number of hydrogen-bond acceptors (Lipinski definition) is 7. The highest BCUT2D eigenvalue weighted by atomic mass is 32.2. The van der Waals surface area contributed by atoms with E-state index in [1.807, 2.05) is 6.92 Å². The Balaban J connectivity index is 1.59. The van der Waals surface area contributed by atoms with E-state index in [1.54, 1.807) is 37.4 Å². The summed E-state index contributed by atoms with van der Waals surface area (Å²) in [6.07, 6.45) is 1.56. The number of fused-ring (bicyclic) bond motifs is 1. The molecule has 1 N–H and O–H groups in total. The van der Waals surface area contributed by atoms with Gasteiger partial charge in [0.15, 0.2) is 17.3 Å². The predicted octanol–water partition coefficient (Wildman–Crippen LogP) is 5.69. The molecule has 0 bridgehead atoms. The van der Waals surface area contributed by atoms with Crippen molar-refractivity contribution in [3.05, 3.63) is 72.2 Å². The van der Waals surface area contributed by atoms with Crippen molar-refractivity contribution < 1.29 is 31.8 Å². The van der Waals surface area contributed by atoms with Crippen molar-refractivity contribution in [3.63, 3.8) is 0 Å². The van der Waals surface area contributed by atoms with Gasteiger partial charge in [0.25, 0.3) is 10.0 Å². The molecule has 0 radical (unpaired) electrons. The first-order valence-corrected chi connectivity index (χ1v) is 12.5. The van der Waals surface area contributed by atoms with Crippen LogP contribution in [-0.4, -0.2) is 34.2 Å². The fourth-order valence-corrected chi connectivity index (χ4v) is 4.77. The summed E-state index contributed by atoms with van der Waals surface area (Å²) < 4.78 is 64.9. The molecule has 36 heavy (non-hydrogen) atoms. The van der Waals surface area contributed by atoms with Crippen LogP contribution in [0.3, 0.4) is 0 Å². The van der Waals surface area contributed by atoms with E-state index in [4.69, 9.17) is 18.9 Å². The minimum absolute atomic E-state index is 0.00388. The van der Waals surface area contributed by atoms with Crippen LogP contribution in [0, 0.1) is 12.7 Å². The van der Waals surface area contributed by atoms with E-state index in [1.165, 1.54) is 38.5 Å². The number of aryl methyl sites for hydroxylation is 1. The lowest BCUT2D eigenvalue weighted by atomic mass is 10.2. The van der Waals surface area contributed by atoms with Crippen LogP contribution in [0.2, 0.25) is 0 Å². The number of hydrogen-bond donors (Lipinski definition) is 1. The molecule has 0 atom stereocenters. The second kappa shape index (κ2) is 10.3. The normalized spacial score (nSPS) is 11.2. The average molecular weight is 513 g/mol. The number of rotatable bonds is 9. The summed E-state index contributed by atoms with van der Waals surface area (Å²) in [4.78, 5) is 4.31. The smallest absolute Gasteiger partial charge is 0.262 e. The molecule has 188 valence electrons. The van der Waals surface area contributed by atoms with E-state index in [0.717, 1.165) is 6.07 Å². The van der Waals surface area contributed by atoms with Crippen molar-refractivity contribution in [1.29, 1.82) is 0 Å². The quantitative estimate of drug-likeness (QED) is 0.308. The van der Waals surface area contributed by atoms with Crippen molar-refractivity contribution in [3.8, 4) is 28.7 Å². The van der Waals surface area contributed by atoms with Gasteiger partial charge in [0.05, 0.1) is 36.9 Å². The fourth-order valence-electron chi connectivity index (χ4n) is 3.62. The summed E-state index contributed by atoms with van der Waals surface area (Å²) in [5, 5.41) is 0.631. The largest absolute Gasteiger partial charge is 0.494 e. The molecular weight excluding hydrogens is 487 g/mol. The second-order valence-electron chi connectivity index (χ2n) is 7.74. The first-order chi connectivity index (χ1) is 17.2. The standard InChI is InChI=1S/C26H25FN2O6S/c1-5-34-23-9-7-18(12-16(23)2)36(30,31)29-21-8-6-17(13-20(21)27)35-24-10-11-28-22-15-26(33-4)25(32-3)14-19(22)24/h6-15,29H,5H2,1-4H3. The van der Waals surface area contributed by atoms with Gasteiger partial charge in [-0.3, -0.25) is 9.71 Å². The minimum Gasteiger partial charge on any atom is -0.494 e. The van der Waals surface area contributed by atoms with Crippen LogP contribution in [0.1, 0.15) is 12.5 Å². The number of halogens is 1. The highest BCUT2D eigenvalue weighted by Gasteiger charge is 2.19. The lowest BCUT2D eigenvalue weighted by Crippen LogP contribution is -2.14. The van der Waals surface area contributed by atoms with E-state index in [2.05, 4.69) is 9.71 Å². The zero-order chi connectivity index (χ0) is 25.9. The predicted molar refractivity (Wildman–Crippen MR) is 134 cm³/mol. The molecule has 0 aliphatic carbocycles. The molecule has 4 rings (SSSR count). The van der Waals surface area contributed by atoms with Gasteiger partial charge in [0.2, 0.25) is 0 Å². The average Bonchev–Trinajstić information content (AvgIpc) is 2.86. The summed E-state index contributed by atoms with van der Waals surface area (Å²) in [7, 11) is -0.980. The first kappa shape index (κ1) is 25.1. The lowest BCUT2D eigenvalue weighted by molar-refractivity contribution is 0.337. The van der Waals surface area contributed by atoms with Gasteiger partial charge in [-0.2, -0.15) is 0 Å². The van der Waals surface area contributed by atoms with Crippen LogP contribution in [0.25, 0.3) is 10.9 Å². The Labute approximate surface area is 208 Å². The topological polar surface area (TPSA) is 96.0 Å². The summed E-state index contributed by atoms with van der Waals surface area (Å²) in [6.45, 7) is 4.04. The molecule has 0 saturated heterocycles. The molecule has 0 spiro atoms. The molecule has 0 aliphatic rings. The van der Waals surface area contributed by atoms with Gasteiger partial charge in [-0.25, -0.2) is 12.8 Å². The van der Waals surface area contributed by atoms with Gasteiger partial charge in [0.1, 0.15) is 17.2 Å². The van der Waals surface area contributed by atoms with Gasteiger partial charge in [-0.1, -0.05) is 0 Å². The number of nitrogens with one attached hydrogen (secondary N) is 1. The first-order valence-electron chi connectivity index (χ1n) is 11.0. The van der Waals surface area contributed by atoms with E-state index in [9.17, 15) is 12.8 Å². The molecule has 0 amide bonds. The van der Waals surface area contributed by atoms with Gasteiger partial charge in [-0.05, 0) is 61.9 Å². The van der Waals surface area contributed by atoms with Crippen molar-refractivity contribution in [2.45, 2.75) is 18.7 Å². The minimum atomic E-state index is -4.03. The molecule has 0 aliphatic heterocycles. The van der Waals surface area contributed by atoms with Crippen molar-refractivity contribution >= 4 is 26.6 Å². The zero-order valence-electron chi connectivity index (χ0n) is 20.2. The Morgan fingerprint density at radius 3 is 2.33 bits per heavy atom. The number of ether oxygens (including phenoxy) is 4. The Morgan fingerprint density at radius 2 is 1.67 bits per heavy atom. The molecule has 0 saturated carbocycles. The second-order valence-corrected chi connectivity index (χ2v) is 9.43. The monoisotopic (exact) mass is 512 g/mol. The zero-order valence-corrected chi connectivity index (χ0v) is 21.0. The highest BCUT2D eigenvalue weighted by Crippen LogP contribution is 2.37. The number of pyridine rings is 1. The number of anilines is 1. The summed E-state index contributed by atoms with van der Waals surface area (Å²) >= 11 is 0. The van der Waals surface area contributed by atoms with E-state index < -0.39 is 15.8 Å². The molecule has 1 heterocycles. The Bertz CT molecular complexity index is 1520. The van der Waals surface area contributed by atoms with Crippen molar-refractivity contribution in [2.24, 2.45) is 0 Å². The third kappa shape index (κ3) is 5.13. The molecule has 1 aromatic heterocycles. The Morgan fingerprint density at radius 1 is 0.917 bits per heavy atom. The summed E-state index contributed by atoms with van der Waals surface area (Å²) in [6, 6.07) is 13.4. The van der Waals surface area contributed by atoms with Crippen LogP contribution in [-0.2, 0) is 10.0 Å². The maximum absolute atomic E-state index is 14.9. The number of benzene rings is 3. The van der Waals surface area contributed by atoms with Gasteiger partial charge in [0, 0.05) is 23.7 Å². The highest BCUT2D eigenvalue weighted by molar-refractivity contribution is 7.92. The Kier molecular flexibility index (Phi) is 7.16. The lowest BCUT2D eigenvalue weighted by Gasteiger charge is -2.14. The third-order valence-electron chi connectivity index (χ3n) is 5.38. The van der Waals surface area contributed by atoms with Crippen LogP contribution in [0.15, 0.2) is 65.7 Å². The van der Waals surface area contributed by atoms with E-state index in [-0.39, 0.29) is 16.3 Å². The summed E-state index contributed by atoms with van der Waals surface area (Å²) in [5.74, 6) is 1.39. The van der Waals surface area contributed by atoms with E-state index >= 15 is 0 Å². The number of sulfonamides is 1. The maximum Gasteiger partial charge on any atom is 0.262 e. The van der Waals surface area contributed by atoms with Crippen LogP contribution in [0.4, 0.5) is 10.1 Å². The van der Waals surface area contributed by atoms with Gasteiger partial charge >= 0.3 is 0 Å². The maximum atomic E-state index is 14.9.